The van der Waals surface area contributed by atoms with Crippen molar-refractivity contribution in [3.8, 4) is 0 Å². The molecule has 0 saturated heterocycles. The topological polar surface area (TPSA) is 55.1 Å². The first kappa shape index (κ1) is 17.8. The number of nitrogens with two attached hydrogens (primary N) is 1. The third-order valence-electron chi connectivity index (χ3n) is 5.49. The zero-order valence-electron chi connectivity index (χ0n) is 13.0. The Balaban J connectivity index is 0.00000200. The van der Waals surface area contributed by atoms with Crippen LogP contribution < -0.4 is 11.1 Å². The molecule has 3 N–H and O–H groups in total. The highest BCUT2D eigenvalue weighted by atomic mass is 35.5. The molecule has 0 aliphatic heterocycles. The Morgan fingerprint density at radius 1 is 1.10 bits per heavy atom. The van der Waals surface area contributed by atoms with Gasteiger partial charge in [-0.3, -0.25) is 4.79 Å². The molecule has 20 heavy (non-hydrogen) atoms. The second-order valence-corrected chi connectivity index (χ2v) is 6.88. The Morgan fingerprint density at radius 3 is 2.20 bits per heavy atom. The van der Waals surface area contributed by atoms with Crippen LogP contribution in [0.15, 0.2) is 0 Å². The van der Waals surface area contributed by atoms with E-state index in [9.17, 15) is 4.79 Å². The van der Waals surface area contributed by atoms with Gasteiger partial charge in [0.15, 0.2) is 0 Å². The lowest BCUT2D eigenvalue weighted by Crippen LogP contribution is -2.55. The molecule has 0 aromatic rings. The number of carbonyl (C=O) groups excluding carboxylic acids is 1. The largest absolute Gasteiger partial charge is 0.352 e. The van der Waals surface area contributed by atoms with Crippen LogP contribution in [0.25, 0.3) is 0 Å². The standard InChI is InChI=1S/C16H30N2O.ClH/c1-12(14-8-4-3-5-9-14)13(2)18-15(19)16(17)10-6-7-11-16;/h12-14H,3-11,17H2,1-2H3,(H,18,19);1H. The summed E-state index contributed by atoms with van der Waals surface area (Å²) < 4.78 is 0. The van der Waals surface area contributed by atoms with Gasteiger partial charge in [-0.25, -0.2) is 0 Å². The Kier molecular flexibility index (Phi) is 6.80. The van der Waals surface area contributed by atoms with E-state index in [0.717, 1.165) is 31.6 Å². The maximum atomic E-state index is 12.3. The van der Waals surface area contributed by atoms with Gasteiger partial charge in [-0.2, -0.15) is 0 Å². The minimum atomic E-state index is -0.583. The summed E-state index contributed by atoms with van der Waals surface area (Å²) in [5.41, 5.74) is 5.63. The van der Waals surface area contributed by atoms with Crippen molar-refractivity contribution in [2.24, 2.45) is 17.6 Å². The normalized spacial score (nSPS) is 25.6. The highest BCUT2D eigenvalue weighted by molar-refractivity contribution is 5.86. The Bertz CT molecular complexity index is 310. The minimum Gasteiger partial charge on any atom is -0.352 e. The van der Waals surface area contributed by atoms with E-state index in [2.05, 4.69) is 19.2 Å². The van der Waals surface area contributed by atoms with Crippen molar-refractivity contribution in [1.29, 1.82) is 0 Å². The number of rotatable bonds is 4. The summed E-state index contributed by atoms with van der Waals surface area (Å²) in [5, 5.41) is 3.20. The van der Waals surface area contributed by atoms with Gasteiger partial charge < -0.3 is 11.1 Å². The van der Waals surface area contributed by atoms with Crippen LogP contribution >= 0.6 is 12.4 Å². The lowest BCUT2D eigenvalue weighted by molar-refractivity contribution is -0.127. The fourth-order valence-electron chi connectivity index (χ4n) is 3.78. The van der Waals surface area contributed by atoms with Gasteiger partial charge in [0.2, 0.25) is 5.91 Å². The summed E-state index contributed by atoms with van der Waals surface area (Å²) in [6.07, 6.45) is 10.6. The summed E-state index contributed by atoms with van der Waals surface area (Å²) in [6, 6.07) is 0.247. The molecule has 0 bridgehead atoms. The first-order valence-electron chi connectivity index (χ1n) is 8.13. The monoisotopic (exact) mass is 302 g/mol. The number of halogens is 1. The van der Waals surface area contributed by atoms with Gasteiger partial charge in [-0.1, -0.05) is 51.9 Å². The van der Waals surface area contributed by atoms with Crippen molar-refractivity contribution in [3.05, 3.63) is 0 Å². The molecule has 2 rings (SSSR count). The van der Waals surface area contributed by atoms with Crippen molar-refractivity contribution < 1.29 is 4.79 Å². The molecule has 0 heterocycles. The van der Waals surface area contributed by atoms with Crippen LogP contribution in [-0.4, -0.2) is 17.5 Å². The molecule has 0 radical (unpaired) electrons. The molecule has 2 aliphatic carbocycles. The van der Waals surface area contributed by atoms with E-state index >= 15 is 0 Å². The van der Waals surface area contributed by atoms with Crippen LogP contribution in [0.4, 0.5) is 0 Å². The minimum absolute atomic E-state index is 0. The predicted molar refractivity (Wildman–Crippen MR) is 86.0 cm³/mol. The van der Waals surface area contributed by atoms with Crippen LogP contribution in [0.5, 0.6) is 0 Å². The molecular weight excluding hydrogens is 272 g/mol. The van der Waals surface area contributed by atoms with Crippen molar-refractivity contribution >= 4 is 18.3 Å². The van der Waals surface area contributed by atoms with Gasteiger partial charge in [0.05, 0.1) is 5.54 Å². The lowest BCUT2D eigenvalue weighted by atomic mass is 9.78. The number of amides is 1. The third kappa shape index (κ3) is 4.11. The maximum absolute atomic E-state index is 12.3. The van der Waals surface area contributed by atoms with E-state index in [1.807, 2.05) is 0 Å². The number of carbonyl (C=O) groups is 1. The molecule has 3 nitrogen and oxygen atoms in total. The molecule has 2 atom stereocenters. The van der Waals surface area contributed by atoms with E-state index in [1.165, 1.54) is 32.1 Å². The summed E-state index contributed by atoms with van der Waals surface area (Å²) in [7, 11) is 0. The van der Waals surface area contributed by atoms with Crippen LogP contribution in [0.2, 0.25) is 0 Å². The molecule has 2 aliphatic rings. The second-order valence-electron chi connectivity index (χ2n) is 6.88. The highest BCUT2D eigenvalue weighted by Crippen LogP contribution is 2.32. The predicted octanol–water partition coefficient (Wildman–Crippen LogP) is 3.40. The summed E-state index contributed by atoms with van der Waals surface area (Å²) in [4.78, 5) is 12.3. The van der Waals surface area contributed by atoms with Crippen LogP contribution in [-0.2, 0) is 4.79 Å². The Labute approximate surface area is 129 Å². The van der Waals surface area contributed by atoms with E-state index in [-0.39, 0.29) is 24.4 Å². The first-order chi connectivity index (χ1) is 9.03. The van der Waals surface area contributed by atoms with E-state index < -0.39 is 5.54 Å². The van der Waals surface area contributed by atoms with Crippen LogP contribution in [0.3, 0.4) is 0 Å². The zero-order chi connectivity index (χ0) is 13.9. The molecule has 0 spiro atoms. The average molecular weight is 303 g/mol. The molecule has 2 unspecified atom stereocenters. The first-order valence-corrected chi connectivity index (χ1v) is 8.13. The van der Waals surface area contributed by atoms with Crippen molar-refractivity contribution in [3.63, 3.8) is 0 Å². The molecular formula is C16H31ClN2O. The Hall–Kier alpha value is -0.280. The highest BCUT2D eigenvalue weighted by Gasteiger charge is 2.38. The fraction of sp³-hybridized carbons (Fsp3) is 0.938. The van der Waals surface area contributed by atoms with Crippen LogP contribution in [0, 0.1) is 11.8 Å². The average Bonchev–Trinajstić information content (AvgIpc) is 2.87. The van der Waals surface area contributed by atoms with Gasteiger partial charge in [-0.15, -0.1) is 12.4 Å². The van der Waals surface area contributed by atoms with E-state index in [1.54, 1.807) is 0 Å². The van der Waals surface area contributed by atoms with Crippen LogP contribution in [0.1, 0.15) is 71.6 Å². The molecule has 2 fully saturated rings. The summed E-state index contributed by atoms with van der Waals surface area (Å²) in [6.45, 7) is 4.44. The molecule has 1 amide bonds. The quantitative estimate of drug-likeness (QED) is 0.836. The number of hydrogen-bond acceptors (Lipinski definition) is 2. The second kappa shape index (κ2) is 7.65. The molecule has 4 heteroatoms. The lowest BCUT2D eigenvalue weighted by Gasteiger charge is -2.34. The zero-order valence-corrected chi connectivity index (χ0v) is 13.8. The summed E-state index contributed by atoms with van der Waals surface area (Å²) >= 11 is 0. The van der Waals surface area contributed by atoms with E-state index in [4.69, 9.17) is 5.73 Å². The SMILES string of the molecule is CC(NC(=O)C1(N)CCCC1)C(C)C1CCCCC1.Cl. The van der Waals surface area contributed by atoms with Gasteiger partial charge in [0.25, 0.3) is 0 Å². The fourth-order valence-corrected chi connectivity index (χ4v) is 3.78. The molecule has 118 valence electrons. The van der Waals surface area contributed by atoms with Crippen molar-refractivity contribution in [2.75, 3.05) is 0 Å². The van der Waals surface area contributed by atoms with Crippen molar-refractivity contribution in [1.82, 2.24) is 5.32 Å². The van der Waals surface area contributed by atoms with E-state index in [0.29, 0.717) is 5.92 Å². The Morgan fingerprint density at radius 2 is 1.65 bits per heavy atom. The smallest absolute Gasteiger partial charge is 0.240 e. The third-order valence-corrected chi connectivity index (χ3v) is 5.49. The maximum Gasteiger partial charge on any atom is 0.240 e. The van der Waals surface area contributed by atoms with Gasteiger partial charge in [-0.05, 0) is 31.6 Å². The molecule has 0 aromatic carbocycles. The molecule has 2 saturated carbocycles. The molecule has 0 aromatic heterocycles. The number of nitrogens with one attached hydrogen (secondary N) is 1. The van der Waals surface area contributed by atoms with Gasteiger partial charge >= 0.3 is 0 Å². The summed E-state index contributed by atoms with van der Waals surface area (Å²) in [5.74, 6) is 1.43. The van der Waals surface area contributed by atoms with Gasteiger partial charge in [0, 0.05) is 6.04 Å². The number of hydrogen-bond donors (Lipinski definition) is 2. The van der Waals surface area contributed by atoms with Gasteiger partial charge in [0.1, 0.15) is 0 Å². The van der Waals surface area contributed by atoms with Crippen molar-refractivity contribution in [2.45, 2.75) is 83.2 Å².